The lowest BCUT2D eigenvalue weighted by atomic mass is 9.87. The van der Waals surface area contributed by atoms with Gasteiger partial charge in [0.25, 0.3) is 5.91 Å². The van der Waals surface area contributed by atoms with Gasteiger partial charge in [-0.05, 0) is 23.1 Å². The molecule has 8 nitrogen and oxygen atoms in total. The molecule has 0 aliphatic carbocycles. The van der Waals surface area contributed by atoms with E-state index in [2.05, 4.69) is 36.2 Å². The standard InChI is InChI=1S/C21H27N5O3S/c1-21(2,3)16-8-6-15(7-9-16)20(27)24-17-14-19(25(4)12-13-30(5,28)29)26-18(23-17)10-11-22-26/h6-11,14H,12-13H2,1-5H3,(H,23,24,27). The molecule has 0 bridgehead atoms. The zero-order chi connectivity index (χ0) is 22.1. The number of nitrogens with one attached hydrogen (secondary N) is 1. The Kier molecular flexibility index (Phi) is 5.85. The Hall–Kier alpha value is -2.94. The molecule has 0 spiro atoms. The zero-order valence-corrected chi connectivity index (χ0v) is 18.7. The maximum absolute atomic E-state index is 12.7. The molecule has 0 saturated carbocycles. The molecule has 0 unspecified atom stereocenters. The van der Waals surface area contributed by atoms with Crippen molar-refractivity contribution in [2.45, 2.75) is 26.2 Å². The fourth-order valence-corrected chi connectivity index (χ4v) is 3.57. The molecule has 2 heterocycles. The van der Waals surface area contributed by atoms with Crippen molar-refractivity contribution in [3.05, 3.63) is 53.7 Å². The van der Waals surface area contributed by atoms with E-state index >= 15 is 0 Å². The van der Waals surface area contributed by atoms with Gasteiger partial charge in [0.05, 0.1) is 11.9 Å². The summed E-state index contributed by atoms with van der Waals surface area (Å²) in [4.78, 5) is 18.9. The minimum absolute atomic E-state index is 0.00899. The number of amides is 1. The normalized spacial score (nSPS) is 12.2. The smallest absolute Gasteiger partial charge is 0.256 e. The minimum atomic E-state index is -3.10. The van der Waals surface area contributed by atoms with E-state index in [0.717, 1.165) is 5.56 Å². The Morgan fingerprint density at radius 1 is 1.17 bits per heavy atom. The van der Waals surface area contributed by atoms with Gasteiger partial charge in [0, 0.05) is 37.5 Å². The van der Waals surface area contributed by atoms with Crippen LogP contribution in [0, 0.1) is 0 Å². The predicted molar refractivity (Wildman–Crippen MR) is 119 cm³/mol. The molecule has 1 N–H and O–H groups in total. The van der Waals surface area contributed by atoms with Crippen LogP contribution >= 0.6 is 0 Å². The van der Waals surface area contributed by atoms with Gasteiger partial charge in [0.2, 0.25) is 0 Å². The lowest BCUT2D eigenvalue weighted by Gasteiger charge is -2.20. The van der Waals surface area contributed by atoms with E-state index in [1.165, 1.54) is 6.26 Å². The highest BCUT2D eigenvalue weighted by molar-refractivity contribution is 7.90. The summed E-state index contributed by atoms with van der Waals surface area (Å²) in [7, 11) is -1.33. The van der Waals surface area contributed by atoms with E-state index < -0.39 is 9.84 Å². The molecule has 160 valence electrons. The largest absolute Gasteiger partial charge is 0.358 e. The van der Waals surface area contributed by atoms with Crippen LogP contribution in [-0.2, 0) is 15.3 Å². The van der Waals surface area contributed by atoms with Crippen LogP contribution in [0.15, 0.2) is 42.6 Å². The fraction of sp³-hybridized carbons (Fsp3) is 0.381. The third-order valence-corrected chi connectivity index (χ3v) is 5.71. The summed E-state index contributed by atoms with van der Waals surface area (Å²) in [5.41, 5.74) is 2.24. The number of benzene rings is 1. The Morgan fingerprint density at radius 2 is 1.83 bits per heavy atom. The molecule has 2 aromatic heterocycles. The second kappa shape index (κ2) is 8.06. The molecular weight excluding hydrogens is 402 g/mol. The van der Waals surface area contributed by atoms with Gasteiger partial charge in [0.15, 0.2) is 5.65 Å². The van der Waals surface area contributed by atoms with Gasteiger partial charge in [-0.25, -0.2) is 13.4 Å². The molecule has 0 saturated heterocycles. The molecule has 9 heteroatoms. The van der Waals surface area contributed by atoms with Gasteiger partial charge in [0.1, 0.15) is 21.5 Å². The highest BCUT2D eigenvalue weighted by Gasteiger charge is 2.16. The molecule has 1 aromatic carbocycles. The molecule has 1 amide bonds. The van der Waals surface area contributed by atoms with E-state index in [9.17, 15) is 13.2 Å². The van der Waals surface area contributed by atoms with Gasteiger partial charge in [-0.1, -0.05) is 32.9 Å². The maximum atomic E-state index is 12.7. The molecule has 3 aromatic rings. The van der Waals surface area contributed by atoms with Crippen molar-refractivity contribution >= 4 is 33.0 Å². The summed E-state index contributed by atoms with van der Waals surface area (Å²) < 4.78 is 24.6. The first-order valence-corrected chi connectivity index (χ1v) is 11.7. The highest BCUT2D eigenvalue weighted by atomic mass is 32.2. The number of rotatable bonds is 6. The van der Waals surface area contributed by atoms with Crippen LogP contribution in [0.3, 0.4) is 0 Å². The number of aromatic nitrogens is 3. The Labute approximate surface area is 176 Å². The molecule has 0 aliphatic rings. The van der Waals surface area contributed by atoms with E-state index in [1.807, 2.05) is 12.1 Å². The van der Waals surface area contributed by atoms with Crippen molar-refractivity contribution < 1.29 is 13.2 Å². The second-order valence-electron chi connectivity index (χ2n) is 8.43. The summed E-state index contributed by atoms with van der Waals surface area (Å²) >= 11 is 0. The quantitative estimate of drug-likeness (QED) is 0.647. The number of fused-ring (bicyclic) bond motifs is 1. The number of hydrogen-bond acceptors (Lipinski definition) is 6. The van der Waals surface area contributed by atoms with Crippen molar-refractivity contribution in [3.63, 3.8) is 0 Å². The summed E-state index contributed by atoms with van der Waals surface area (Å²) in [6.07, 6.45) is 2.81. The van der Waals surface area contributed by atoms with Crippen LogP contribution in [0.2, 0.25) is 0 Å². The zero-order valence-electron chi connectivity index (χ0n) is 17.9. The molecule has 0 aliphatic heterocycles. The highest BCUT2D eigenvalue weighted by Crippen LogP contribution is 2.23. The average molecular weight is 430 g/mol. The first-order valence-electron chi connectivity index (χ1n) is 9.59. The third-order valence-electron chi connectivity index (χ3n) is 4.78. The maximum Gasteiger partial charge on any atom is 0.256 e. The van der Waals surface area contributed by atoms with Crippen molar-refractivity contribution in [3.8, 4) is 0 Å². The van der Waals surface area contributed by atoms with Crippen LogP contribution in [0.4, 0.5) is 11.6 Å². The molecule has 0 atom stereocenters. The van der Waals surface area contributed by atoms with Gasteiger partial charge in [-0.3, -0.25) is 4.79 Å². The topological polar surface area (TPSA) is 96.7 Å². The third kappa shape index (κ3) is 5.15. The number of carbonyl (C=O) groups excluding carboxylic acids is 1. The molecule has 3 rings (SSSR count). The summed E-state index contributed by atoms with van der Waals surface area (Å²) in [6.45, 7) is 6.65. The van der Waals surface area contributed by atoms with Crippen molar-refractivity contribution in [1.29, 1.82) is 0 Å². The number of hydrogen-bond donors (Lipinski definition) is 1. The monoisotopic (exact) mass is 429 g/mol. The van der Waals surface area contributed by atoms with E-state index in [4.69, 9.17) is 0 Å². The molecular formula is C21H27N5O3S. The number of anilines is 2. The fourth-order valence-electron chi connectivity index (χ4n) is 2.96. The Morgan fingerprint density at radius 3 is 2.43 bits per heavy atom. The van der Waals surface area contributed by atoms with Crippen molar-refractivity contribution in [2.75, 3.05) is 35.8 Å². The van der Waals surface area contributed by atoms with Crippen LogP contribution in [-0.4, -0.2) is 54.5 Å². The molecule has 30 heavy (non-hydrogen) atoms. The SMILES string of the molecule is CN(CCS(C)(=O)=O)c1cc(NC(=O)c2ccc(C(C)(C)C)cc2)nc2ccnn12. The summed E-state index contributed by atoms with van der Waals surface area (Å²) in [6, 6.07) is 10.9. The first-order chi connectivity index (χ1) is 13.9. The molecule has 0 radical (unpaired) electrons. The van der Waals surface area contributed by atoms with Crippen molar-refractivity contribution in [1.82, 2.24) is 14.6 Å². The van der Waals surface area contributed by atoms with Crippen LogP contribution < -0.4 is 10.2 Å². The molecule has 0 fully saturated rings. The summed E-state index contributed by atoms with van der Waals surface area (Å²) in [5.74, 6) is 0.744. The van der Waals surface area contributed by atoms with E-state index in [1.54, 1.807) is 46.9 Å². The van der Waals surface area contributed by atoms with Gasteiger partial charge >= 0.3 is 0 Å². The van der Waals surface area contributed by atoms with Crippen molar-refractivity contribution in [2.24, 2.45) is 0 Å². The van der Waals surface area contributed by atoms with E-state index in [0.29, 0.717) is 29.4 Å². The number of carbonyl (C=O) groups is 1. The van der Waals surface area contributed by atoms with Gasteiger partial charge in [-0.15, -0.1) is 0 Å². The van der Waals surface area contributed by atoms with Crippen LogP contribution in [0.1, 0.15) is 36.7 Å². The summed E-state index contributed by atoms with van der Waals surface area (Å²) in [5, 5.41) is 7.08. The minimum Gasteiger partial charge on any atom is -0.358 e. The average Bonchev–Trinajstić information content (AvgIpc) is 3.12. The van der Waals surface area contributed by atoms with Gasteiger partial charge in [-0.2, -0.15) is 9.61 Å². The number of sulfone groups is 1. The van der Waals surface area contributed by atoms with E-state index in [-0.39, 0.29) is 17.1 Å². The Balaban J connectivity index is 1.85. The second-order valence-corrected chi connectivity index (χ2v) is 10.7. The predicted octanol–water partition coefficient (Wildman–Crippen LogP) is 2.76. The van der Waals surface area contributed by atoms with Crippen LogP contribution in [0.5, 0.6) is 0 Å². The van der Waals surface area contributed by atoms with Gasteiger partial charge < -0.3 is 10.2 Å². The van der Waals surface area contributed by atoms with Crippen LogP contribution in [0.25, 0.3) is 5.65 Å². The Bertz CT molecular complexity index is 1160. The number of nitrogens with zero attached hydrogens (tertiary/aromatic N) is 4. The first kappa shape index (κ1) is 21.8. The lowest BCUT2D eigenvalue weighted by Crippen LogP contribution is -2.27. The lowest BCUT2D eigenvalue weighted by molar-refractivity contribution is 0.102.